The van der Waals surface area contributed by atoms with E-state index in [1.54, 1.807) is 0 Å². The maximum Gasteiger partial charge on any atom is 0.185 e. The second kappa shape index (κ2) is 6.81. The number of fused-ring (bicyclic) bond motifs is 2. The lowest BCUT2D eigenvalue weighted by molar-refractivity contribution is 0.389. The maximum absolute atomic E-state index is 5.62. The lowest BCUT2D eigenvalue weighted by Crippen LogP contribution is -2.49. The Balaban J connectivity index is 1.48. The van der Waals surface area contributed by atoms with Crippen LogP contribution in [0.5, 0.6) is 0 Å². The van der Waals surface area contributed by atoms with E-state index in [-0.39, 0.29) is 0 Å². The van der Waals surface area contributed by atoms with Gasteiger partial charge in [0, 0.05) is 6.04 Å². The number of nitrogens with zero attached hydrogens (tertiary/aromatic N) is 1. The van der Waals surface area contributed by atoms with E-state index in [9.17, 15) is 0 Å². The summed E-state index contributed by atoms with van der Waals surface area (Å²) in [7, 11) is 0. The molecule has 0 aromatic heterocycles. The molecule has 3 atom stereocenters. The Morgan fingerprint density at radius 1 is 0.875 bits per heavy atom. The van der Waals surface area contributed by atoms with Crippen LogP contribution in [0.3, 0.4) is 0 Å². The van der Waals surface area contributed by atoms with E-state index >= 15 is 0 Å². The molecule has 2 aliphatic carbocycles. The van der Waals surface area contributed by atoms with Crippen LogP contribution in [0.4, 0.5) is 11.4 Å². The molecule has 2 N–H and O–H groups in total. The molecule has 0 amide bonds. The van der Waals surface area contributed by atoms with Gasteiger partial charge in [0.05, 0.1) is 11.4 Å². The molecule has 3 nitrogen and oxygen atoms in total. The smallest absolute Gasteiger partial charge is 0.185 e. The standard InChI is InChI=1S/C20H23N3S/c24-20(21-19-14-15-11-12-16(19)13-15)22-23(17-7-3-1-4-8-17)18-9-5-2-6-10-18/h1-10,15-16,19H,11-14H2,(H2,21,22,24)/t15-,16-,19-/m0/s1. The predicted molar refractivity (Wildman–Crippen MR) is 103 cm³/mol. The Labute approximate surface area is 149 Å². The molecule has 0 spiro atoms. The van der Waals surface area contributed by atoms with Crippen LogP contribution < -0.4 is 15.8 Å². The van der Waals surface area contributed by atoms with Crippen molar-refractivity contribution >= 4 is 28.7 Å². The van der Waals surface area contributed by atoms with Crippen LogP contribution in [-0.2, 0) is 0 Å². The monoisotopic (exact) mass is 337 g/mol. The van der Waals surface area contributed by atoms with E-state index in [0.717, 1.165) is 23.2 Å². The highest BCUT2D eigenvalue weighted by atomic mass is 32.1. The van der Waals surface area contributed by atoms with Gasteiger partial charge in [-0.3, -0.25) is 10.4 Å². The first kappa shape index (κ1) is 15.5. The largest absolute Gasteiger partial charge is 0.358 e. The molecule has 2 aromatic rings. The Morgan fingerprint density at radius 2 is 1.50 bits per heavy atom. The molecule has 2 aliphatic rings. The Bertz CT molecular complexity index is 649. The van der Waals surface area contributed by atoms with Crippen LogP contribution in [0, 0.1) is 11.8 Å². The van der Waals surface area contributed by atoms with Gasteiger partial charge in [0.1, 0.15) is 0 Å². The zero-order valence-electron chi connectivity index (χ0n) is 13.7. The van der Waals surface area contributed by atoms with Crippen LogP contribution in [0.2, 0.25) is 0 Å². The number of anilines is 2. The van der Waals surface area contributed by atoms with Crippen molar-refractivity contribution in [2.45, 2.75) is 31.7 Å². The van der Waals surface area contributed by atoms with Crippen molar-refractivity contribution in [1.82, 2.24) is 10.7 Å². The summed E-state index contributed by atoms with van der Waals surface area (Å²) in [5, 5.41) is 6.31. The van der Waals surface area contributed by atoms with E-state index in [0.29, 0.717) is 11.2 Å². The molecule has 24 heavy (non-hydrogen) atoms. The van der Waals surface area contributed by atoms with Crippen molar-refractivity contribution in [1.29, 1.82) is 0 Å². The molecule has 0 unspecified atom stereocenters. The second-order valence-electron chi connectivity index (χ2n) is 6.87. The van der Waals surface area contributed by atoms with Gasteiger partial charge in [0.15, 0.2) is 5.11 Å². The lowest BCUT2D eigenvalue weighted by atomic mass is 9.96. The summed E-state index contributed by atoms with van der Waals surface area (Å²) in [5.74, 6) is 1.71. The summed E-state index contributed by atoms with van der Waals surface area (Å²) in [4.78, 5) is 0. The summed E-state index contributed by atoms with van der Waals surface area (Å²) < 4.78 is 0. The summed E-state index contributed by atoms with van der Waals surface area (Å²) >= 11 is 5.62. The highest BCUT2D eigenvalue weighted by Crippen LogP contribution is 2.44. The summed E-state index contributed by atoms with van der Waals surface area (Å²) in [6.45, 7) is 0. The lowest BCUT2D eigenvalue weighted by Gasteiger charge is -2.30. The average Bonchev–Trinajstić information content (AvgIpc) is 3.24. The third kappa shape index (κ3) is 3.24. The number of hydrogen-bond acceptors (Lipinski definition) is 2. The van der Waals surface area contributed by atoms with Gasteiger partial charge < -0.3 is 5.32 Å². The van der Waals surface area contributed by atoms with Gasteiger partial charge in [0.2, 0.25) is 0 Å². The fraction of sp³-hybridized carbons (Fsp3) is 0.350. The molecule has 2 saturated carbocycles. The third-order valence-corrected chi connectivity index (χ3v) is 5.51. The Morgan fingerprint density at radius 3 is 2.00 bits per heavy atom. The zero-order valence-corrected chi connectivity index (χ0v) is 14.5. The minimum atomic E-state index is 0.539. The van der Waals surface area contributed by atoms with Gasteiger partial charge in [-0.15, -0.1) is 0 Å². The molecule has 2 fully saturated rings. The van der Waals surface area contributed by atoms with Crippen LogP contribution in [0.1, 0.15) is 25.7 Å². The van der Waals surface area contributed by atoms with E-state index < -0.39 is 0 Å². The molecule has 2 bridgehead atoms. The molecular weight excluding hydrogens is 314 g/mol. The van der Waals surface area contributed by atoms with Crippen molar-refractivity contribution in [3.8, 4) is 0 Å². The highest BCUT2D eigenvalue weighted by Gasteiger charge is 2.39. The van der Waals surface area contributed by atoms with Crippen molar-refractivity contribution in [2.24, 2.45) is 11.8 Å². The van der Waals surface area contributed by atoms with Crippen LogP contribution in [0.15, 0.2) is 60.7 Å². The minimum Gasteiger partial charge on any atom is -0.358 e. The summed E-state index contributed by atoms with van der Waals surface area (Å²) in [5.41, 5.74) is 5.53. The quantitative estimate of drug-likeness (QED) is 0.639. The SMILES string of the molecule is S=C(N[C@H]1C[C@H]2CC[C@H]1C2)NN(c1ccccc1)c1ccccc1. The normalized spacial score (nSPS) is 24.6. The summed E-state index contributed by atoms with van der Waals surface area (Å²) in [6.07, 6.45) is 5.40. The minimum absolute atomic E-state index is 0.539. The van der Waals surface area contributed by atoms with E-state index in [1.165, 1.54) is 25.7 Å². The van der Waals surface area contributed by atoms with Crippen LogP contribution in [-0.4, -0.2) is 11.2 Å². The molecular formula is C20H23N3S. The van der Waals surface area contributed by atoms with Gasteiger partial charge >= 0.3 is 0 Å². The third-order valence-electron chi connectivity index (χ3n) is 5.30. The van der Waals surface area contributed by atoms with Gasteiger partial charge in [-0.2, -0.15) is 0 Å². The fourth-order valence-corrected chi connectivity index (χ4v) is 4.40. The number of nitrogens with one attached hydrogen (secondary N) is 2. The van der Waals surface area contributed by atoms with Gasteiger partial charge in [-0.25, -0.2) is 0 Å². The molecule has 4 rings (SSSR count). The number of rotatable bonds is 4. The molecule has 2 aromatic carbocycles. The van der Waals surface area contributed by atoms with Crippen molar-refractivity contribution < 1.29 is 0 Å². The first-order chi connectivity index (χ1) is 11.8. The molecule has 0 aliphatic heterocycles. The topological polar surface area (TPSA) is 27.3 Å². The first-order valence-electron chi connectivity index (χ1n) is 8.77. The highest BCUT2D eigenvalue weighted by molar-refractivity contribution is 7.80. The fourth-order valence-electron chi connectivity index (χ4n) is 4.16. The molecule has 0 saturated heterocycles. The van der Waals surface area contributed by atoms with E-state index in [1.807, 2.05) is 41.4 Å². The van der Waals surface area contributed by atoms with Crippen molar-refractivity contribution in [3.63, 3.8) is 0 Å². The number of para-hydroxylation sites is 2. The number of hydrazine groups is 1. The second-order valence-corrected chi connectivity index (χ2v) is 7.28. The average molecular weight is 337 g/mol. The van der Waals surface area contributed by atoms with Gasteiger partial charge in [-0.1, -0.05) is 42.8 Å². The summed E-state index contributed by atoms with van der Waals surface area (Å²) in [6, 6.07) is 21.1. The number of benzene rings is 2. The van der Waals surface area contributed by atoms with E-state index in [2.05, 4.69) is 35.0 Å². The molecule has 4 heteroatoms. The Kier molecular flexibility index (Phi) is 4.39. The molecule has 124 valence electrons. The van der Waals surface area contributed by atoms with Crippen LogP contribution in [0.25, 0.3) is 0 Å². The first-order valence-corrected chi connectivity index (χ1v) is 9.18. The number of thiocarbonyl (C=S) groups is 1. The van der Waals surface area contributed by atoms with Crippen LogP contribution >= 0.6 is 12.2 Å². The molecule has 0 heterocycles. The Hall–Kier alpha value is -2.07. The van der Waals surface area contributed by atoms with Gasteiger partial charge in [-0.05, 0) is 67.6 Å². The van der Waals surface area contributed by atoms with Gasteiger partial charge in [0.25, 0.3) is 0 Å². The van der Waals surface area contributed by atoms with Crippen molar-refractivity contribution in [2.75, 3.05) is 5.01 Å². The maximum atomic E-state index is 5.62. The van der Waals surface area contributed by atoms with E-state index in [4.69, 9.17) is 12.2 Å². The van der Waals surface area contributed by atoms with Crippen molar-refractivity contribution in [3.05, 3.63) is 60.7 Å². The zero-order chi connectivity index (χ0) is 16.4. The number of hydrogen-bond donors (Lipinski definition) is 2. The molecule has 0 radical (unpaired) electrons. The predicted octanol–water partition coefficient (Wildman–Crippen LogP) is 4.39.